The predicted molar refractivity (Wildman–Crippen MR) is 48.7 cm³/mol. The lowest BCUT2D eigenvalue weighted by Gasteiger charge is -2.14. The Morgan fingerprint density at radius 2 is 2.10 bits per heavy atom. The lowest BCUT2D eigenvalue weighted by Crippen LogP contribution is -2.14. The minimum atomic E-state index is 0.275. The topological polar surface area (TPSA) is 9.23 Å². The van der Waals surface area contributed by atoms with Crippen LogP contribution in [0.5, 0.6) is 0 Å². The van der Waals surface area contributed by atoms with E-state index in [1.807, 2.05) is 12.3 Å². The van der Waals surface area contributed by atoms with Crippen molar-refractivity contribution in [2.45, 2.75) is 6.10 Å². The third-order valence-electron chi connectivity index (χ3n) is 1.74. The molecule has 2 heteroatoms. The Bertz CT molecular complexity index is 227. The molecule has 0 bridgehead atoms. The summed E-state index contributed by atoms with van der Waals surface area (Å²) in [6, 6.07) is 0. The Kier molecular flexibility index (Phi) is 1.56. The standard InChI is InChI=1S/C8H7IO/c9-7-5-10-8-4-2-1-3-6(7)8/h1-6,8H. The van der Waals surface area contributed by atoms with Crippen LogP contribution in [0.1, 0.15) is 0 Å². The fourth-order valence-electron chi connectivity index (χ4n) is 1.19. The minimum Gasteiger partial charge on any atom is -0.492 e. The van der Waals surface area contributed by atoms with Gasteiger partial charge in [0.2, 0.25) is 0 Å². The fourth-order valence-corrected chi connectivity index (χ4v) is 1.90. The molecule has 1 aliphatic heterocycles. The molecule has 0 saturated heterocycles. The number of ether oxygens (including phenoxy) is 1. The van der Waals surface area contributed by atoms with E-state index in [9.17, 15) is 0 Å². The summed E-state index contributed by atoms with van der Waals surface area (Å²) in [7, 11) is 0. The second-order valence-electron chi connectivity index (χ2n) is 2.40. The van der Waals surface area contributed by atoms with Crippen LogP contribution in [0.15, 0.2) is 34.1 Å². The number of halogens is 1. The third-order valence-corrected chi connectivity index (χ3v) is 2.71. The van der Waals surface area contributed by atoms with Crippen molar-refractivity contribution in [2.24, 2.45) is 5.92 Å². The molecule has 0 fully saturated rings. The smallest absolute Gasteiger partial charge is 0.127 e. The molecule has 2 atom stereocenters. The number of hydrogen-bond acceptors (Lipinski definition) is 1. The molecule has 0 aromatic heterocycles. The van der Waals surface area contributed by atoms with Crippen LogP contribution in [0.25, 0.3) is 0 Å². The quantitative estimate of drug-likeness (QED) is 0.596. The van der Waals surface area contributed by atoms with E-state index in [4.69, 9.17) is 4.74 Å². The van der Waals surface area contributed by atoms with Crippen LogP contribution in [0.2, 0.25) is 0 Å². The van der Waals surface area contributed by atoms with E-state index in [2.05, 4.69) is 40.8 Å². The summed E-state index contributed by atoms with van der Waals surface area (Å²) >= 11 is 2.32. The van der Waals surface area contributed by atoms with E-state index >= 15 is 0 Å². The van der Waals surface area contributed by atoms with Gasteiger partial charge in [-0.25, -0.2) is 0 Å². The van der Waals surface area contributed by atoms with E-state index in [0.717, 1.165) is 0 Å². The third kappa shape index (κ3) is 0.905. The van der Waals surface area contributed by atoms with Gasteiger partial charge in [0.15, 0.2) is 0 Å². The van der Waals surface area contributed by atoms with Gasteiger partial charge in [-0.3, -0.25) is 0 Å². The van der Waals surface area contributed by atoms with Crippen LogP contribution in [0.3, 0.4) is 0 Å². The number of rotatable bonds is 0. The Balaban J connectivity index is 2.27. The van der Waals surface area contributed by atoms with Gasteiger partial charge in [-0.2, -0.15) is 0 Å². The highest BCUT2D eigenvalue weighted by atomic mass is 127. The van der Waals surface area contributed by atoms with Crippen LogP contribution in [0, 0.1) is 5.92 Å². The molecule has 1 nitrogen and oxygen atoms in total. The zero-order valence-electron chi connectivity index (χ0n) is 5.33. The van der Waals surface area contributed by atoms with E-state index in [-0.39, 0.29) is 6.10 Å². The highest BCUT2D eigenvalue weighted by Crippen LogP contribution is 2.33. The van der Waals surface area contributed by atoms with Gasteiger partial charge >= 0.3 is 0 Å². The van der Waals surface area contributed by atoms with E-state index in [1.54, 1.807) is 0 Å². The number of hydrogen-bond donors (Lipinski definition) is 0. The van der Waals surface area contributed by atoms with Crippen molar-refractivity contribution in [3.05, 3.63) is 34.1 Å². The van der Waals surface area contributed by atoms with Gasteiger partial charge in [-0.15, -0.1) is 0 Å². The average Bonchev–Trinajstić information content (AvgIpc) is 2.34. The van der Waals surface area contributed by atoms with Crippen molar-refractivity contribution in [1.29, 1.82) is 0 Å². The molecular formula is C8H7IO. The molecule has 0 radical (unpaired) electrons. The van der Waals surface area contributed by atoms with E-state index in [0.29, 0.717) is 5.92 Å². The Hall–Kier alpha value is -0.250. The minimum absolute atomic E-state index is 0.275. The molecule has 0 N–H and O–H groups in total. The van der Waals surface area contributed by atoms with Crippen LogP contribution in [0.4, 0.5) is 0 Å². The summed E-state index contributed by atoms with van der Waals surface area (Å²) < 4.78 is 6.66. The van der Waals surface area contributed by atoms with Gasteiger partial charge in [-0.05, 0) is 28.7 Å². The summed E-state index contributed by atoms with van der Waals surface area (Å²) in [6.45, 7) is 0. The first-order valence-electron chi connectivity index (χ1n) is 3.24. The van der Waals surface area contributed by atoms with Gasteiger partial charge in [0, 0.05) is 3.58 Å². The molecule has 2 rings (SSSR count). The van der Waals surface area contributed by atoms with Crippen LogP contribution < -0.4 is 0 Å². The maximum absolute atomic E-state index is 5.36. The second-order valence-corrected chi connectivity index (χ2v) is 3.64. The SMILES string of the molecule is IC1=COC2C=CC=CC12. The van der Waals surface area contributed by atoms with Gasteiger partial charge in [0.25, 0.3) is 0 Å². The fraction of sp³-hybridized carbons (Fsp3) is 0.250. The highest BCUT2D eigenvalue weighted by molar-refractivity contribution is 14.1. The molecule has 1 heterocycles. The maximum Gasteiger partial charge on any atom is 0.127 e. The van der Waals surface area contributed by atoms with Gasteiger partial charge in [-0.1, -0.05) is 18.2 Å². The molecule has 1 aliphatic carbocycles. The van der Waals surface area contributed by atoms with Crippen molar-refractivity contribution in [1.82, 2.24) is 0 Å². The first-order valence-corrected chi connectivity index (χ1v) is 4.32. The molecule has 0 aromatic rings. The first kappa shape index (κ1) is 6.46. The predicted octanol–water partition coefficient (Wildman–Crippen LogP) is 2.40. The van der Waals surface area contributed by atoms with Crippen LogP contribution in [-0.4, -0.2) is 6.10 Å². The van der Waals surface area contributed by atoms with Crippen LogP contribution >= 0.6 is 22.6 Å². The molecule has 0 spiro atoms. The van der Waals surface area contributed by atoms with Gasteiger partial charge < -0.3 is 4.74 Å². The summed E-state index contributed by atoms with van der Waals surface area (Å²) in [5, 5.41) is 0. The number of fused-ring (bicyclic) bond motifs is 1. The van der Waals surface area contributed by atoms with Crippen molar-refractivity contribution in [2.75, 3.05) is 0 Å². The first-order chi connectivity index (χ1) is 4.88. The van der Waals surface area contributed by atoms with E-state index in [1.165, 1.54) is 3.58 Å². The van der Waals surface area contributed by atoms with Crippen molar-refractivity contribution in [3.63, 3.8) is 0 Å². The summed E-state index contributed by atoms with van der Waals surface area (Å²) in [5.41, 5.74) is 0. The van der Waals surface area contributed by atoms with Crippen molar-refractivity contribution < 1.29 is 4.74 Å². The number of allylic oxidation sites excluding steroid dienone is 2. The van der Waals surface area contributed by atoms with Crippen molar-refractivity contribution in [3.8, 4) is 0 Å². The summed E-state index contributed by atoms with van der Waals surface area (Å²) in [5.74, 6) is 0.491. The van der Waals surface area contributed by atoms with Crippen LogP contribution in [-0.2, 0) is 4.74 Å². The summed E-state index contributed by atoms with van der Waals surface area (Å²) in [4.78, 5) is 0. The van der Waals surface area contributed by atoms with E-state index < -0.39 is 0 Å². The lowest BCUT2D eigenvalue weighted by molar-refractivity contribution is 0.192. The molecule has 2 unspecified atom stereocenters. The summed E-state index contributed by atoms with van der Waals surface area (Å²) in [6.07, 6.45) is 10.5. The molecule has 2 aliphatic rings. The normalized spacial score (nSPS) is 35.1. The van der Waals surface area contributed by atoms with Gasteiger partial charge in [0.05, 0.1) is 12.2 Å². The molecule has 0 amide bonds. The average molecular weight is 246 g/mol. The molecule has 52 valence electrons. The zero-order valence-corrected chi connectivity index (χ0v) is 7.49. The highest BCUT2D eigenvalue weighted by Gasteiger charge is 2.26. The van der Waals surface area contributed by atoms with Gasteiger partial charge in [0.1, 0.15) is 6.10 Å². The Morgan fingerprint density at radius 3 is 2.90 bits per heavy atom. The lowest BCUT2D eigenvalue weighted by atomic mass is 10.00. The molecule has 10 heavy (non-hydrogen) atoms. The monoisotopic (exact) mass is 246 g/mol. The van der Waals surface area contributed by atoms with Crippen molar-refractivity contribution >= 4 is 22.6 Å². The molecule has 0 aromatic carbocycles. The zero-order chi connectivity index (χ0) is 6.97. The Labute approximate surface area is 73.6 Å². The second kappa shape index (κ2) is 2.42. The molecule has 0 saturated carbocycles. The molecular weight excluding hydrogens is 239 g/mol. The maximum atomic E-state index is 5.36. The Morgan fingerprint density at radius 1 is 1.30 bits per heavy atom. The largest absolute Gasteiger partial charge is 0.492 e.